The van der Waals surface area contributed by atoms with Crippen molar-refractivity contribution in [3.05, 3.63) is 77.1 Å². The van der Waals surface area contributed by atoms with Gasteiger partial charge < -0.3 is 9.26 Å². The molecule has 6 nitrogen and oxygen atoms in total. The number of pyridine rings is 1. The number of carbonyl (C=O) groups excluding carboxylic acids is 1. The van der Waals surface area contributed by atoms with Crippen LogP contribution in [0, 0.1) is 6.92 Å². The van der Waals surface area contributed by atoms with Crippen LogP contribution in [0.5, 0.6) is 0 Å². The molecule has 3 heterocycles. The highest BCUT2D eigenvalue weighted by atomic mass is 32.1. The third kappa shape index (κ3) is 3.78. The fourth-order valence-electron chi connectivity index (χ4n) is 2.57. The minimum absolute atomic E-state index is 0.0619. The van der Waals surface area contributed by atoms with Gasteiger partial charge in [-0.15, -0.1) is 11.3 Å². The first-order valence-electron chi connectivity index (χ1n) is 8.27. The molecule has 0 bridgehead atoms. The molecule has 0 radical (unpaired) electrons. The van der Waals surface area contributed by atoms with Crippen LogP contribution in [-0.4, -0.2) is 21.1 Å². The molecule has 1 aromatic carbocycles. The second-order valence-electron chi connectivity index (χ2n) is 5.76. The van der Waals surface area contributed by atoms with Gasteiger partial charge in [0.1, 0.15) is 0 Å². The molecule has 0 fully saturated rings. The Morgan fingerprint density at radius 1 is 1.07 bits per heavy atom. The monoisotopic (exact) mass is 377 g/mol. The quantitative estimate of drug-likeness (QED) is 0.476. The Hall–Kier alpha value is -3.32. The van der Waals surface area contributed by atoms with Crippen LogP contribution in [0.4, 0.5) is 0 Å². The van der Waals surface area contributed by atoms with Gasteiger partial charge in [-0.3, -0.25) is 4.98 Å². The van der Waals surface area contributed by atoms with E-state index in [2.05, 4.69) is 15.1 Å². The number of esters is 1. The summed E-state index contributed by atoms with van der Waals surface area (Å²) in [5.74, 6) is 0.265. The number of benzene rings is 1. The minimum Gasteiger partial charge on any atom is -0.454 e. The molecule has 0 atom stereocenters. The summed E-state index contributed by atoms with van der Waals surface area (Å²) in [5.41, 5.74) is 2.82. The maximum Gasteiger partial charge on any atom is 0.340 e. The van der Waals surface area contributed by atoms with Gasteiger partial charge in [-0.1, -0.05) is 41.6 Å². The number of carbonyl (C=O) groups is 1. The van der Waals surface area contributed by atoms with E-state index < -0.39 is 5.97 Å². The first-order valence-corrected chi connectivity index (χ1v) is 9.15. The van der Waals surface area contributed by atoms with Crippen molar-refractivity contribution in [2.75, 3.05) is 0 Å². The van der Waals surface area contributed by atoms with E-state index in [1.165, 1.54) is 11.3 Å². The van der Waals surface area contributed by atoms with Gasteiger partial charge in [0, 0.05) is 5.56 Å². The number of hydrogen-bond donors (Lipinski definition) is 0. The van der Waals surface area contributed by atoms with Gasteiger partial charge in [0.05, 0.1) is 21.8 Å². The van der Waals surface area contributed by atoms with Crippen LogP contribution >= 0.6 is 11.3 Å². The van der Waals surface area contributed by atoms with Crippen LogP contribution < -0.4 is 0 Å². The maximum atomic E-state index is 12.4. The minimum atomic E-state index is -0.470. The molecule has 0 aliphatic rings. The zero-order valence-electron chi connectivity index (χ0n) is 14.5. The summed E-state index contributed by atoms with van der Waals surface area (Å²) in [5, 5.41) is 5.77. The van der Waals surface area contributed by atoms with Crippen molar-refractivity contribution >= 4 is 17.3 Å². The largest absolute Gasteiger partial charge is 0.454 e. The highest BCUT2D eigenvalue weighted by Gasteiger charge is 2.15. The van der Waals surface area contributed by atoms with Crippen LogP contribution in [0.25, 0.3) is 22.0 Å². The summed E-state index contributed by atoms with van der Waals surface area (Å²) < 4.78 is 10.5. The number of nitrogens with zero attached hydrogens (tertiary/aromatic N) is 3. The lowest BCUT2D eigenvalue weighted by Crippen LogP contribution is -2.09. The zero-order chi connectivity index (χ0) is 18.6. The lowest BCUT2D eigenvalue weighted by atomic mass is 10.1. The van der Waals surface area contributed by atoms with E-state index in [1.54, 1.807) is 13.0 Å². The molecule has 0 saturated heterocycles. The average Bonchev–Trinajstić information content (AvgIpc) is 3.38. The molecule has 0 saturated carbocycles. The average molecular weight is 377 g/mol. The van der Waals surface area contributed by atoms with E-state index in [9.17, 15) is 4.79 Å². The van der Waals surface area contributed by atoms with Crippen molar-refractivity contribution in [1.82, 2.24) is 15.1 Å². The Labute approximate surface area is 159 Å². The van der Waals surface area contributed by atoms with Gasteiger partial charge in [-0.25, -0.2) is 4.79 Å². The Morgan fingerprint density at radius 3 is 2.67 bits per heavy atom. The molecule has 4 aromatic rings. The van der Waals surface area contributed by atoms with Gasteiger partial charge in [-0.05, 0) is 30.5 Å². The van der Waals surface area contributed by atoms with Gasteiger partial charge in [-0.2, -0.15) is 4.98 Å². The van der Waals surface area contributed by atoms with E-state index in [1.807, 2.05) is 53.9 Å². The van der Waals surface area contributed by atoms with Crippen LogP contribution in [0.1, 0.15) is 21.9 Å². The van der Waals surface area contributed by atoms with Gasteiger partial charge >= 0.3 is 5.97 Å². The molecule has 0 aliphatic carbocycles. The Bertz CT molecular complexity index is 1060. The number of aromatic nitrogens is 3. The number of hydrogen-bond acceptors (Lipinski definition) is 7. The van der Waals surface area contributed by atoms with E-state index in [4.69, 9.17) is 9.26 Å². The Balaban J connectivity index is 1.44. The van der Waals surface area contributed by atoms with Crippen molar-refractivity contribution in [3.8, 4) is 22.0 Å². The summed E-state index contributed by atoms with van der Waals surface area (Å²) in [6.07, 6.45) is 0. The third-order valence-corrected chi connectivity index (χ3v) is 4.77. The number of thiophene rings is 1. The summed E-state index contributed by atoms with van der Waals surface area (Å²) in [7, 11) is 0. The SMILES string of the molecule is Cc1nc(-c2ccccc2)ccc1C(=O)OCc1noc(-c2cccs2)n1. The Kier molecular flexibility index (Phi) is 4.76. The second kappa shape index (κ2) is 7.51. The predicted octanol–water partition coefficient (Wildman–Crippen LogP) is 4.53. The molecule has 0 spiro atoms. The summed E-state index contributed by atoms with van der Waals surface area (Å²) in [4.78, 5) is 22.0. The van der Waals surface area contributed by atoms with Gasteiger partial charge in [0.15, 0.2) is 6.61 Å². The molecule has 0 N–H and O–H groups in total. The lowest BCUT2D eigenvalue weighted by molar-refractivity contribution is 0.0458. The van der Waals surface area contributed by atoms with Crippen LogP contribution in [-0.2, 0) is 11.3 Å². The van der Waals surface area contributed by atoms with Crippen LogP contribution in [0.2, 0.25) is 0 Å². The van der Waals surface area contributed by atoms with Gasteiger partial charge in [0.2, 0.25) is 5.82 Å². The third-order valence-electron chi connectivity index (χ3n) is 3.91. The van der Waals surface area contributed by atoms with E-state index in [-0.39, 0.29) is 6.61 Å². The second-order valence-corrected chi connectivity index (χ2v) is 6.71. The number of rotatable bonds is 5. The predicted molar refractivity (Wildman–Crippen MR) is 101 cm³/mol. The number of ether oxygens (including phenoxy) is 1. The highest BCUT2D eigenvalue weighted by Crippen LogP contribution is 2.23. The molecule has 3 aromatic heterocycles. The lowest BCUT2D eigenvalue weighted by Gasteiger charge is -2.07. The molecule has 4 rings (SSSR count). The normalized spacial score (nSPS) is 10.7. The van der Waals surface area contributed by atoms with Crippen molar-refractivity contribution in [1.29, 1.82) is 0 Å². The maximum absolute atomic E-state index is 12.4. The smallest absolute Gasteiger partial charge is 0.340 e. The standard InChI is InChI=1S/C20H15N3O3S/c1-13-15(9-10-16(21-13)14-6-3-2-4-7-14)20(24)25-12-18-22-19(26-23-18)17-8-5-11-27-17/h2-11H,12H2,1H3. The first kappa shape index (κ1) is 17.1. The van der Waals surface area contributed by atoms with Crippen LogP contribution in [0.3, 0.4) is 0 Å². The molecular weight excluding hydrogens is 362 g/mol. The van der Waals surface area contributed by atoms with Crippen molar-refractivity contribution < 1.29 is 14.1 Å². The van der Waals surface area contributed by atoms with Gasteiger partial charge in [0.25, 0.3) is 5.89 Å². The molecular formula is C20H15N3O3S. The fraction of sp³-hybridized carbons (Fsp3) is 0.100. The molecule has 7 heteroatoms. The molecule has 0 amide bonds. The van der Waals surface area contributed by atoms with E-state index >= 15 is 0 Å². The topological polar surface area (TPSA) is 78.1 Å². The van der Waals surface area contributed by atoms with Crippen molar-refractivity contribution in [3.63, 3.8) is 0 Å². The molecule has 0 unspecified atom stereocenters. The summed E-state index contributed by atoms with van der Waals surface area (Å²) in [6.45, 7) is 1.72. The summed E-state index contributed by atoms with van der Waals surface area (Å²) in [6, 6.07) is 17.1. The first-order chi connectivity index (χ1) is 13.2. The molecule has 0 aliphatic heterocycles. The fourth-order valence-corrected chi connectivity index (χ4v) is 3.21. The number of aryl methyl sites for hydroxylation is 1. The molecule has 27 heavy (non-hydrogen) atoms. The van der Waals surface area contributed by atoms with E-state index in [0.29, 0.717) is 23.0 Å². The van der Waals surface area contributed by atoms with Crippen molar-refractivity contribution in [2.45, 2.75) is 13.5 Å². The zero-order valence-corrected chi connectivity index (χ0v) is 15.3. The summed E-state index contributed by atoms with van der Waals surface area (Å²) >= 11 is 1.50. The van der Waals surface area contributed by atoms with Crippen molar-refractivity contribution in [2.24, 2.45) is 0 Å². The highest BCUT2D eigenvalue weighted by molar-refractivity contribution is 7.13. The molecule has 134 valence electrons. The van der Waals surface area contributed by atoms with E-state index in [0.717, 1.165) is 16.1 Å². The van der Waals surface area contributed by atoms with Crippen LogP contribution in [0.15, 0.2) is 64.5 Å². The Morgan fingerprint density at radius 2 is 1.93 bits per heavy atom.